The molecule has 2 aromatic rings. The van der Waals surface area contributed by atoms with Gasteiger partial charge in [0.2, 0.25) is 0 Å². The third kappa shape index (κ3) is 8.30. The monoisotopic (exact) mass is 394 g/mol. The van der Waals surface area contributed by atoms with E-state index in [0.717, 1.165) is 36.7 Å². The lowest BCUT2D eigenvalue weighted by atomic mass is 10.0. The summed E-state index contributed by atoms with van der Waals surface area (Å²) in [6.45, 7) is 3.76. The number of halogens is 1. The van der Waals surface area contributed by atoms with E-state index in [1.807, 2.05) is 32.2 Å². The first-order valence-electron chi connectivity index (χ1n) is 8.60. The SMILES string of the molecule is CC(=O)O.CNc1ccc(CCN[C@@H](C)[C@H](O)c2ccc(O)cc2)cc1Cl. The number of aliphatic carboxylic acids is 1. The number of rotatable bonds is 7. The fraction of sp³-hybridized carbons (Fsp3) is 0.350. The van der Waals surface area contributed by atoms with E-state index in [1.165, 1.54) is 0 Å². The van der Waals surface area contributed by atoms with Crippen LogP contribution in [-0.2, 0) is 11.2 Å². The second-order valence-electron chi connectivity index (χ2n) is 6.11. The molecule has 0 unspecified atom stereocenters. The van der Waals surface area contributed by atoms with Gasteiger partial charge in [0.15, 0.2) is 0 Å². The van der Waals surface area contributed by atoms with Crippen LogP contribution in [0.4, 0.5) is 5.69 Å². The molecule has 0 bridgehead atoms. The minimum Gasteiger partial charge on any atom is -0.508 e. The lowest BCUT2D eigenvalue weighted by molar-refractivity contribution is -0.134. The molecule has 0 aliphatic carbocycles. The van der Waals surface area contributed by atoms with Crippen LogP contribution in [0.1, 0.15) is 31.1 Å². The predicted molar refractivity (Wildman–Crippen MR) is 109 cm³/mol. The maximum atomic E-state index is 10.3. The Labute approximate surface area is 164 Å². The van der Waals surface area contributed by atoms with Crippen molar-refractivity contribution in [2.45, 2.75) is 32.4 Å². The summed E-state index contributed by atoms with van der Waals surface area (Å²) in [6, 6.07) is 12.5. The molecule has 0 heterocycles. The fourth-order valence-corrected chi connectivity index (χ4v) is 2.73. The third-order valence-corrected chi connectivity index (χ3v) is 4.20. The van der Waals surface area contributed by atoms with Gasteiger partial charge in [-0.25, -0.2) is 0 Å². The largest absolute Gasteiger partial charge is 0.508 e. The normalized spacial score (nSPS) is 12.5. The molecule has 0 aliphatic rings. The molecule has 5 N–H and O–H groups in total. The standard InChI is InChI=1S/C18H23ClN2O2.C2H4O2/c1-12(18(23)14-4-6-15(22)7-5-14)21-10-9-13-3-8-17(20-2)16(19)11-13;1-2(3)4/h3-8,11-12,18,20-23H,9-10H2,1-2H3;1H3,(H,3,4)/t12-,18-;/m0./s1. The van der Waals surface area contributed by atoms with Crippen molar-refractivity contribution >= 4 is 23.3 Å². The van der Waals surface area contributed by atoms with Crippen molar-refractivity contribution in [3.05, 3.63) is 58.6 Å². The average Bonchev–Trinajstić information content (AvgIpc) is 2.61. The molecule has 6 nitrogen and oxygen atoms in total. The van der Waals surface area contributed by atoms with Gasteiger partial charge >= 0.3 is 0 Å². The first-order valence-corrected chi connectivity index (χ1v) is 8.98. The Morgan fingerprint density at radius 1 is 1.19 bits per heavy atom. The van der Waals surface area contributed by atoms with Crippen LogP contribution in [0.2, 0.25) is 5.02 Å². The summed E-state index contributed by atoms with van der Waals surface area (Å²) < 4.78 is 0. The number of aliphatic hydroxyl groups is 1. The topological polar surface area (TPSA) is 102 Å². The molecule has 2 atom stereocenters. The number of aliphatic hydroxyl groups excluding tert-OH is 1. The van der Waals surface area contributed by atoms with E-state index < -0.39 is 12.1 Å². The van der Waals surface area contributed by atoms with Crippen molar-refractivity contribution in [1.29, 1.82) is 0 Å². The summed E-state index contributed by atoms with van der Waals surface area (Å²) >= 11 is 6.17. The lowest BCUT2D eigenvalue weighted by Gasteiger charge is -2.21. The number of anilines is 1. The van der Waals surface area contributed by atoms with E-state index in [9.17, 15) is 10.2 Å². The van der Waals surface area contributed by atoms with Crippen LogP contribution in [0.3, 0.4) is 0 Å². The molecule has 148 valence electrons. The Balaban J connectivity index is 0.000000828. The first kappa shape index (κ1) is 22.8. The average molecular weight is 395 g/mol. The zero-order valence-corrected chi connectivity index (χ0v) is 16.5. The highest BCUT2D eigenvalue weighted by molar-refractivity contribution is 6.33. The molecule has 0 fully saturated rings. The number of hydrogen-bond acceptors (Lipinski definition) is 5. The van der Waals surface area contributed by atoms with E-state index in [0.29, 0.717) is 5.02 Å². The minimum atomic E-state index is -0.833. The molecular weight excluding hydrogens is 368 g/mol. The van der Waals surface area contributed by atoms with Crippen molar-refractivity contribution in [2.24, 2.45) is 0 Å². The first-order chi connectivity index (χ1) is 12.7. The molecular formula is C20H27ClN2O4. The Kier molecular flexibility index (Phi) is 9.64. The number of hydrogen-bond donors (Lipinski definition) is 5. The summed E-state index contributed by atoms with van der Waals surface area (Å²) in [7, 11) is 1.84. The van der Waals surface area contributed by atoms with Crippen LogP contribution >= 0.6 is 11.6 Å². The second kappa shape index (κ2) is 11.4. The highest BCUT2D eigenvalue weighted by atomic mass is 35.5. The number of carboxylic acid groups (broad SMARTS) is 1. The van der Waals surface area contributed by atoms with Crippen LogP contribution < -0.4 is 10.6 Å². The lowest BCUT2D eigenvalue weighted by Crippen LogP contribution is -2.33. The van der Waals surface area contributed by atoms with E-state index in [4.69, 9.17) is 21.5 Å². The third-order valence-electron chi connectivity index (χ3n) is 3.89. The van der Waals surface area contributed by atoms with Crippen molar-refractivity contribution < 1.29 is 20.1 Å². The number of phenols is 1. The van der Waals surface area contributed by atoms with E-state index >= 15 is 0 Å². The zero-order valence-electron chi connectivity index (χ0n) is 15.7. The number of benzene rings is 2. The van der Waals surface area contributed by atoms with Crippen molar-refractivity contribution in [3.8, 4) is 5.75 Å². The van der Waals surface area contributed by atoms with E-state index in [2.05, 4.69) is 10.6 Å². The summed E-state index contributed by atoms with van der Waals surface area (Å²) in [4.78, 5) is 9.00. The number of aromatic hydroxyl groups is 1. The van der Waals surface area contributed by atoms with Gasteiger partial charge in [-0.3, -0.25) is 4.79 Å². The summed E-state index contributed by atoms with van der Waals surface area (Å²) in [5.41, 5.74) is 2.84. The molecule has 0 saturated heterocycles. The van der Waals surface area contributed by atoms with Gasteiger partial charge in [0, 0.05) is 20.0 Å². The molecule has 0 spiro atoms. The molecule has 27 heavy (non-hydrogen) atoms. The highest BCUT2D eigenvalue weighted by Gasteiger charge is 2.15. The fourth-order valence-electron chi connectivity index (χ4n) is 2.43. The van der Waals surface area contributed by atoms with Crippen molar-refractivity contribution in [2.75, 3.05) is 18.9 Å². The zero-order chi connectivity index (χ0) is 20.4. The quantitative estimate of drug-likeness (QED) is 0.493. The molecule has 2 rings (SSSR count). The van der Waals surface area contributed by atoms with Gasteiger partial charge in [-0.05, 0) is 55.3 Å². The highest BCUT2D eigenvalue weighted by Crippen LogP contribution is 2.23. The number of carboxylic acids is 1. The Hall–Kier alpha value is -2.28. The summed E-state index contributed by atoms with van der Waals surface area (Å²) in [6.07, 6.45) is 0.210. The Morgan fingerprint density at radius 2 is 1.78 bits per heavy atom. The van der Waals surface area contributed by atoms with Crippen LogP contribution in [0.25, 0.3) is 0 Å². The molecule has 0 aliphatic heterocycles. The van der Waals surface area contributed by atoms with Crippen molar-refractivity contribution in [3.63, 3.8) is 0 Å². The van der Waals surface area contributed by atoms with Gasteiger partial charge in [-0.15, -0.1) is 0 Å². The maximum absolute atomic E-state index is 10.3. The summed E-state index contributed by atoms with van der Waals surface area (Å²) in [5.74, 6) is -0.636. The van der Waals surface area contributed by atoms with E-state index in [1.54, 1.807) is 24.3 Å². The van der Waals surface area contributed by atoms with Gasteiger partial charge in [-0.1, -0.05) is 29.8 Å². The second-order valence-corrected chi connectivity index (χ2v) is 6.52. The number of carbonyl (C=O) groups is 1. The molecule has 0 radical (unpaired) electrons. The molecule has 0 amide bonds. The van der Waals surface area contributed by atoms with Crippen LogP contribution in [-0.4, -0.2) is 40.9 Å². The number of phenolic OH excluding ortho intramolecular Hbond substituents is 1. The van der Waals surface area contributed by atoms with Crippen LogP contribution in [0, 0.1) is 0 Å². The van der Waals surface area contributed by atoms with Gasteiger partial charge < -0.3 is 26.0 Å². The summed E-state index contributed by atoms with van der Waals surface area (Å²) in [5, 5.41) is 34.1. The Morgan fingerprint density at radius 3 is 2.30 bits per heavy atom. The van der Waals surface area contributed by atoms with Crippen LogP contribution in [0.5, 0.6) is 5.75 Å². The molecule has 0 saturated carbocycles. The molecule has 7 heteroatoms. The Bertz CT molecular complexity index is 718. The minimum absolute atomic E-state index is 0.0911. The molecule has 2 aromatic carbocycles. The smallest absolute Gasteiger partial charge is 0.300 e. The predicted octanol–water partition coefficient (Wildman–Crippen LogP) is 3.43. The van der Waals surface area contributed by atoms with E-state index in [-0.39, 0.29) is 11.8 Å². The van der Waals surface area contributed by atoms with Gasteiger partial charge in [-0.2, -0.15) is 0 Å². The van der Waals surface area contributed by atoms with Crippen molar-refractivity contribution in [1.82, 2.24) is 5.32 Å². The maximum Gasteiger partial charge on any atom is 0.300 e. The number of nitrogens with one attached hydrogen (secondary N) is 2. The molecule has 0 aromatic heterocycles. The van der Waals surface area contributed by atoms with Gasteiger partial charge in [0.25, 0.3) is 5.97 Å². The van der Waals surface area contributed by atoms with Gasteiger partial charge in [0.1, 0.15) is 5.75 Å². The van der Waals surface area contributed by atoms with Gasteiger partial charge in [0.05, 0.1) is 16.8 Å². The van der Waals surface area contributed by atoms with Crippen LogP contribution in [0.15, 0.2) is 42.5 Å².